The Morgan fingerprint density at radius 1 is 1.23 bits per heavy atom. The summed E-state index contributed by atoms with van der Waals surface area (Å²) in [5.74, 6) is 0. The molecular formula is C12H23N. The van der Waals surface area contributed by atoms with Gasteiger partial charge in [-0.05, 0) is 25.7 Å². The smallest absolute Gasteiger partial charge is 0.0166 e. The molecule has 76 valence electrons. The van der Waals surface area contributed by atoms with Crippen molar-refractivity contribution in [1.82, 2.24) is 5.32 Å². The molecule has 0 aliphatic heterocycles. The van der Waals surface area contributed by atoms with Gasteiger partial charge in [-0.25, -0.2) is 0 Å². The summed E-state index contributed by atoms with van der Waals surface area (Å²) in [7, 11) is 0. The molecule has 0 atom stereocenters. The first-order valence-corrected chi connectivity index (χ1v) is 5.70. The van der Waals surface area contributed by atoms with Gasteiger partial charge >= 0.3 is 0 Å². The standard InChI is InChI=1S/C12H23N/c1-11(2)13-10-12-8-6-4-3-5-7-9-12/h8,11,13H,3-7,9-10H2,1-2H3. The molecule has 0 amide bonds. The van der Waals surface area contributed by atoms with Crippen LogP contribution in [0.5, 0.6) is 0 Å². The lowest BCUT2D eigenvalue weighted by Crippen LogP contribution is -2.25. The molecule has 0 unspecified atom stereocenters. The molecule has 0 spiro atoms. The van der Waals surface area contributed by atoms with Gasteiger partial charge in [-0.2, -0.15) is 0 Å². The normalized spacial score (nSPS) is 19.5. The summed E-state index contributed by atoms with van der Waals surface area (Å²) in [5.41, 5.74) is 1.63. The first kappa shape index (κ1) is 10.8. The molecular weight excluding hydrogens is 158 g/mol. The Balaban J connectivity index is 2.27. The first-order valence-electron chi connectivity index (χ1n) is 5.70. The Hall–Kier alpha value is -0.300. The van der Waals surface area contributed by atoms with Gasteiger partial charge < -0.3 is 5.32 Å². The van der Waals surface area contributed by atoms with Crippen LogP contribution in [0.3, 0.4) is 0 Å². The number of hydrogen-bond acceptors (Lipinski definition) is 1. The van der Waals surface area contributed by atoms with Crippen molar-refractivity contribution in [2.24, 2.45) is 0 Å². The van der Waals surface area contributed by atoms with Crippen LogP contribution < -0.4 is 5.32 Å². The summed E-state index contributed by atoms with van der Waals surface area (Å²) in [6.07, 6.45) is 10.7. The van der Waals surface area contributed by atoms with Crippen LogP contribution in [0.2, 0.25) is 0 Å². The fraction of sp³-hybridized carbons (Fsp3) is 0.833. The molecule has 1 heteroatoms. The molecule has 0 bridgehead atoms. The van der Waals surface area contributed by atoms with Gasteiger partial charge in [-0.15, -0.1) is 0 Å². The average Bonchev–Trinajstić information content (AvgIpc) is 2.01. The average molecular weight is 181 g/mol. The van der Waals surface area contributed by atoms with E-state index >= 15 is 0 Å². The van der Waals surface area contributed by atoms with E-state index in [1.54, 1.807) is 5.57 Å². The zero-order valence-corrected chi connectivity index (χ0v) is 9.10. The van der Waals surface area contributed by atoms with E-state index in [2.05, 4.69) is 25.2 Å². The van der Waals surface area contributed by atoms with E-state index in [0.717, 1.165) is 6.54 Å². The van der Waals surface area contributed by atoms with Crippen molar-refractivity contribution in [2.45, 2.75) is 58.4 Å². The topological polar surface area (TPSA) is 12.0 Å². The zero-order valence-electron chi connectivity index (χ0n) is 9.10. The lowest BCUT2D eigenvalue weighted by Gasteiger charge is -2.14. The van der Waals surface area contributed by atoms with Crippen molar-refractivity contribution < 1.29 is 0 Å². The first-order chi connectivity index (χ1) is 6.29. The second-order valence-corrected chi connectivity index (χ2v) is 4.35. The zero-order chi connectivity index (χ0) is 9.52. The van der Waals surface area contributed by atoms with E-state index in [0.29, 0.717) is 6.04 Å². The third kappa shape index (κ3) is 5.09. The summed E-state index contributed by atoms with van der Waals surface area (Å²) >= 11 is 0. The summed E-state index contributed by atoms with van der Waals surface area (Å²) in [6, 6.07) is 0.617. The van der Waals surface area contributed by atoms with Gasteiger partial charge in [0.05, 0.1) is 0 Å². The van der Waals surface area contributed by atoms with Crippen molar-refractivity contribution in [3.05, 3.63) is 11.6 Å². The minimum Gasteiger partial charge on any atom is -0.311 e. The largest absolute Gasteiger partial charge is 0.311 e. The molecule has 0 aromatic heterocycles. The van der Waals surface area contributed by atoms with Crippen LogP contribution in [0, 0.1) is 0 Å². The highest BCUT2D eigenvalue weighted by molar-refractivity contribution is 5.05. The monoisotopic (exact) mass is 181 g/mol. The molecule has 0 aromatic rings. The molecule has 0 heterocycles. The Kier molecular flexibility index (Phi) is 5.14. The Morgan fingerprint density at radius 2 is 2.00 bits per heavy atom. The van der Waals surface area contributed by atoms with Gasteiger partial charge in [0.15, 0.2) is 0 Å². The molecule has 0 radical (unpaired) electrons. The molecule has 1 nitrogen and oxygen atoms in total. The molecule has 1 aliphatic rings. The van der Waals surface area contributed by atoms with Gasteiger partial charge in [0.25, 0.3) is 0 Å². The number of hydrogen-bond donors (Lipinski definition) is 1. The van der Waals surface area contributed by atoms with Gasteiger partial charge in [0.2, 0.25) is 0 Å². The lowest BCUT2D eigenvalue weighted by atomic mass is 10.00. The minimum atomic E-state index is 0.617. The highest BCUT2D eigenvalue weighted by Gasteiger charge is 2.02. The second kappa shape index (κ2) is 6.20. The number of rotatable bonds is 3. The van der Waals surface area contributed by atoms with Crippen LogP contribution in [0.4, 0.5) is 0 Å². The fourth-order valence-electron chi connectivity index (χ4n) is 1.75. The molecule has 0 fully saturated rings. The lowest BCUT2D eigenvalue weighted by molar-refractivity contribution is 0.579. The maximum Gasteiger partial charge on any atom is 0.0166 e. The Labute approximate surface area is 82.6 Å². The van der Waals surface area contributed by atoms with E-state index < -0.39 is 0 Å². The summed E-state index contributed by atoms with van der Waals surface area (Å²) in [4.78, 5) is 0. The van der Waals surface area contributed by atoms with Gasteiger partial charge in [0, 0.05) is 12.6 Å². The molecule has 0 saturated carbocycles. The van der Waals surface area contributed by atoms with E-state index in [4.69, 9.17) is 0 Å². The van der Waals surface area contributed by atoms with Crippen molar-refractivity contribution in [3.8, 4) is 0 Å². The number of allylic oxidation sites excluding steroid dienone is 1. The van der Waals surface area contributed by atoms with Gasteiger partial charge in [-0.3, -0.25) is 0 Å². The summed E-state index contributed by atoms with van der Waals surface area (Å²) in [6.45, 7) is 5.53. The van der Waals surface area contributed by atoms with E-state index in [9.17, 15) is 0 Å². The Morgan fingerprint density at radius 3 is 2.77 bits per heavy atom. The molecule has 13 heavy (non-hydrogen) atoms. The van der Waals surface area contributed by atoms with E-state index in [1.165, 1.54) is 38.5 Å². The van der Waals surface area contributed by atoms with Crippen LogP contribution in [0.1, 0.15) is 52.4 Å². The van der Waals surface area contributed by atoms with Gasteiger partial charge in [-0.1, -0.05) is 38.3 Å². The van der Waals surface area contributed by atoms with Crippen LogP contribution in [-0.2, 0) is 0 Å². The third-order valence-corrected chi connectivity index (χ3v) is 2.62. The quantitative estimate of drug-likeness (QED) is 0.659. The van der Waals surface area contributed by atoms with Crippen molar-refractivity contribution in [2.75, 3.05) is 6.54 Å². The van der Waals surface area contributed by atoms with E-state index in [1.807, 2.05) is 0 Å². The maximum absolute atomic E-state index is 3.50. The number of nitrogens with one attached hydrogen (secondary N) is 1. The van der Waals surface area contributed by atoms with Crippen molar-refractivity contribution in [1.29, 1.82) is 0 Å². The van der Waals surface area contributed by atoms with Crippen molar-refractivity contribution >= 4 is 0 Å². The molecule has 1 rings (SSSR count). The van der Waals surface area contributed by atoms with Crippen LogP contribution in [-0.4, -0.2) is 12.6 Å². The molecule has 1 aliphatic carbocycles. The minimum absolute atomic E-state index is 0.617. The summed E-state index contributed by atoms with van der Waals surface area (Å²) < 4.78 is 0. The Bertz CT molecular complexity index is 159. The molecule has 1 N–H and O–H groups in total. The van der Waals surface area contributed by atoms with Gasteiger partial charge in [0.1, 0.15) is 0 Å². The second-order valence-electron chi connectivity index (χ2n) is 4.35. The van der Waals surface area contributed by atoms with Crippen LogP contribution in [0.25, 0.3) is 0 Å². The van der Waals surface area contributed by atoms with E-state index in [-0.39, 0.29) is 0 Å². The van der Waals surface area contributed by atoms with Crippen molar-refractivity contribution in [3.63, 3.8) is 0 Å². The molecule has 0 saturated heterocycles. The highest BCUT2D eigenvalue weighted by Crippen LogP contribution is 2.16. The maximum atomic E-state index is 3.50. The third-order valence-electron chi connectivity index (χ3n) is 2.62. The fourth-order valence-corrected chi connectivity index (χ4v) is 1.75. The SMILES string of the molecule is CC(C)NCC1=CCCCCCC1. The van der Waals surface area contributed by atoms with Crippen LogP contribution >= 0.6 is 0 Å². The van der Waals surface area contributed by atoms with Crippen LogP contribution in [0.15, 0.2) is 11.6 Å². The molecule has 0 aromatic carbocycles. The predicted octanol–water partition coefficient (Wildman–Crippen LogP) is 3.27. The predicted molar refractivity (Wildman–Crippen MR) is 58.9 cm³/mol. The highest BCUT2D eigenvalue weighted by atomic mass is 14.9. The summed E-state index contributed by atoms with van der Waals surface area (Å²) in [5, 5.41) is 3.50.